The molecule has 0 N–H and O–H groups in total. The van der Waals surface area contributed by atoms with Gasteiger partial charge in [0.05, 0.1) is 13.2 Å². The van der Waals surface area contributed by atoms with Crippen molar-refractivity contribution in [1.29, 1.82) is 0 Å². The fourth-order valence-electron chi connectivity index (χ4n) is 5.37. The van der Waals surface area contributed by atoms with E-state index in [4.69, 9.17) is 14.2 Å². The molecule has 0 amide bonds. The van der Waals surface area contributed by atoms with E-state index in [1.165, 1.54) is 10.4 Å². The predicted molar refractivity (Wildman–Crippen MR) is 151 cm³/mol. The smallest absolute Gasteiger partial charge is 0.262 e. The van der Waals surface area contributed by atoms with Crippen molar-refractivity contribution in [3.63, 3.8) is 0 Å². The van der Waals surface area contributed by atoms with Gasteiger partial charge in [-0.1, -0.05) is 112 Å². The molecule has 36 heavy (non-hydrogen) atoms. The number of fused-ring (bicyclic) bond motifs is 1. The molecule has 3 nitrogen and oxygen atoms in total. The molecule has 4 heteroatoms. The lowest BCUT2D eigenvalue weighted by molar-refractivity contribution is 0.159. The largest absolute Gasteiger partial charge is 0.497 e. The normalized spacial score (nSPS) is 17.4. The maximum Gasteiger partial charge on any atom is 0.262 e. The minimum atomic E-state index is -2.82. The van der Waals surface area contributed by atoms with Gasteiger partial charge in [0.1, 0.15) is 11.8 Å². The van der Waals surface area contributed by atoms with Crippen LogP contribution in [0.1, 0.15) is 49.6 Å². The molecule has 1 aliphatic heterocycles. The summed E-state index contributed by atoms with van der Waals surface area (Å²) in [5.41, 5.74) is 3.34. The van der Waals surface area contributed by atoms with E-state index < -0.39 is 8.32 Å². The van der Waals surface area contributed by atoms with Crippen LogP contribution in [-0.4, -0.2) is 21.6 Å². The van der Waals surface area contributed by atoms with Gasteiger partial charge in [0.15, 0.2) is 0 Å². The van der Waals surface area contributed by atoms with Crippen molar-refractivity contribution in [1.82, 2.24) is 0 Å². The molecule has 0 aliphatic carbocycles. The first-order chi connectivity index (χ1) is 17.4. The maximum atomic E-state index is 7.68. The molecule has 1 aliphatic rings. The molecular formula is C32H33NO2Si. The van der Waals surface area contributed by atoms with Crippen molar-refractivity contribution >= 4 is 24.9 Å². The van der Waals surface area contributed by atoms with Gasteiger partial charge in [0, 0.05) is 6.21 Å². The van der Waals surface area contributed by atoms with E-state index in [-0.39, 0.29) is 17.2 Å². The number of aliphatic imine (C=N–C) groups is 1. The lowest BCUT2D eigenvalue weighted by atomic mass is 9.91. The van der Waals surface area contributed by atoms with Gasteiger partial charge in [0.25, 0.3) is 8.32 Å². The molecular weight excluding hydrogens is 458 g/mol. The average molecular weight is 492 g/mol. The second kappa shape index (κ2) is 9.88. The first kappa shape index (κ1) is 24.2. The second-order valence-electron chi connectivity index (χ2n) is 10.3. The highest BCUT2D eigenvalue weighted by atomic mass is 28.4. The Morgan fingerprint density at radius 1 is 0.722 bits per heavy atom. The minimum Gasteiger partial charge on any atom is -0.497 e. The highest BCUT2D eigenvalue weighted by molar-refractivity contribution is 6.99. The van der Waals surface area contributed by atoms with Crippen LogP contribution in [0.15, 0.2) is 114 Å². The van der Waals surface area contributed by atoms with Crippen molar-refractivity contribution in [2.24, 2.45) is 4.99 Å². The van der Waals surface area contributed by atoms with Crippen LogP contribution in [0.2, 0.25) is 5.04 Å². The van der Waals surface area contributed by atoms with Crippen LogP contribution in [0.5, 0.6) is 5.75 Å². The summed E-state index contributed by atoms with van der Waals surface area (Å²) < 4.78 is 13.3. The standard InChI is InChI=1S/C32H33NO2Si/c1-32(2,3)36(27-16-10-6-11-17-27,28-18-12-7-13-19-28)35-31-29-22-26(34-4)21-20-25(29)23-33-30(31)24-14-8-5-9-15-24/h5-23,30-31H,1-4H3/t30-,31+/m0/s1. The van der Waals surface area contributed by atoms with Gasteiger partial charge in [-0.25, -0.2) is 0 Å². The summed E-state index contributed by atoms with van der Waals surface area (Å²) in [6.07, 6.45) is 1.71. The summed E-state index contributed by atoms with van der Waals surface area (Å²) in [5, 5.41) is 2.38. The fraction of sp³-hybridized carbons (Fsp3) is 0.219. The molecule has 0 saturated carbocycles. The van der Waals surface area contributed by atoms with Crippen molar-refractivity contribution in [3.05, 3.63) is 126 Å². The molecule has 4 aromatic carbocycles. The van der Waals surface area contributed by atoms with E-state index in [1.54, 1.807) is 7.11 Å². The number of nitrogens with zero attached hydrogens (tertiary/aromatic N) is 1. The zero-order chi connectivity index (χ0) is 25.2. The molecule has 182 valence electrons. The summed E-state index contributed by atoms with van der Waals surface area (Å²) in [5.74, 6) is 0.826. The van der Waals surface area contributed by atoms with E-state index in [1.807, 2.05) is 18.3 Å². The molecule has 4 aromatic rings. The van der Waals surface area contributed by atoms with E-state index in [0.717, 1.165) is 22.4 Å². The number of hydrogen-bond donors (Lipinski definition) is 0. The third kappa shape index (κ3) is 4.32. The van der Waals surface area contributed by atoms with Crippen LogP contribution in [0.25, 0.3) is 0 Å². The topological polar surface area (TPSA) is 30.8 Å². The second-order valence-corrected chi connectivity index (χ2v) is 14.6. The van der Waals surface area contributed by atoms with Gasteiger partial charge in [-0.2, -0.15) is 0 Å². The molecule has 1 heterocycles. The summed E-state index contributed by atoms with van der Waals surface area (Å²) >= 11 is 0. The highest BCUT2D eigenvalue weighted by Gasteiger charge is 2.53. The Hall–Kier alpha value is -3.47. The Morgan fingerprint density at radius 3 is 1.81 bits per heavy atom. The van der Waals surface area contributed by atoms with Gasteiger partial charge in [0.2, 0.25) is 0 Å². The summed E-state index contributed by atoms with van der Waals surface area (Å²) in [6.45, 7) is 6.94. The SMILES string of the molecule is COc1ccc2c(c1)[C@@H](O[Si](c1ccccc1)(c1ccccc1)C(C)(C)C)[C@H](c1ccccc1)N=C2. The van der Waals surface area contributed by atoms with Gasteiger partial charge < -0.3 is 9.16 Å². The van der Waals surface area contributed by atoms with E-state index >= 15 is 0 Å². The Kier molecular flexibility index (Phi) is 6.65. The Labute approximate surface area is 215 Å². The Morgan fingerprint density at radius 2 is 1.28 bits per heavy atom. The number of methoxy groups -OCH3 is 1. The van der Waals surface area contributed by atoms with Crippen LogP contribution < -0.4 is 15.1 Å². The van der Waals surface area contributed by atoms with Gasteiger partial charge in [-0.05, 0) is 50.3 Å². The third-order valence-corrected chi connectivity index (χ3v) is 12.1. The Bertz CT molecular complexity index is 1290. The van der Waals surface area contributed by atoms with Crippen LogP contribution in [0, 0.1) is 0 Å². The van der Waals surface area contributed by atoms with Crippen molar-refractivity contribution in [3.8, 4) is 5.75 Å². The van der Waals surface area contributed by atoms with E-state index in [0.29, 0.717) is 0 Å². The van der Waals surface area contributed by atoms with Gasteiger partial charge in [-0.3, -0.25) is 4.99 Å². The number of rotatable bonds is 6. The van der Waals surface area contributed by atoms with Crippen LogP contribution in [0.4, 0.5) is 0 Å². The molecule has 2 atom stereocenters. The summed E-state index contributed by atoms with van der Waals surface area (Å²) in [4.78, 5) is 5.06. The van der Waals surface area contributed by atoms with E-state index in [9.17, 15) is 0 Å². The number of ether oxygens (including phenoxy) is 1. The molecule has 0 aromatic heterocycles. The summed E-state index contributed by atoms with van der Waals surface area (Å²) in [6, 6.07) is 38.1. The van der Waals surface area contributed by atoms with Crippen molar-refractivity contribution < 1.29 is 9.16 Å². The van der Waals surface area contributed by atoms with E-state index in [2.05, 4.69) is 118 Å². The first-order valence-electron chi connectivity index (χ1n) is 12.5. The molecule has 0 unspecified atom stereocenters. The molecule has 0 radical (unpaired) electrons. The Balaban J connectivity index is 1.76. The molecule has 0 spiro atoms. The lowest BCUT2D eigenvalue weighted by Gasteiger charge is -2.47. The highest BCUT2D eigenvalue weighted by Crippen LogP contribution is 2.46. The van der Waals surface area contributed by atoms with Crippen molar-refractivity contribution in [2.75, 3.05) is 7.11 Å². The third-order valence-electron chi connectivity index (χ3n) is 7.12. The molecule has 0 bridgehead atoms. The first-order valence-corrected chi connectivity index (χ1v) is 14.4. The van der Waals surface area contributed by atoms with Gasteiger partial charge >= 0.3 is 0 Å². The van der Waals surface area contributed by atoms with Crippen molar-refractivity contribution in [2.45, 2.75) is 38.0 Å². The van der Waals surface area contributed by atoms with Crippen LogP contribution in [-0.2, 0) is 4.43 Å². The monoisotopic (exact) mass is 491 g/mol. The minimum absolute atomic E-state index is 0.142. The molecule has 0 fully saturated rings. The lowest BCUT2D eigenvalue weighted by Crippen LogP contribution is -2.67. The van der Waals surface area contributed by atoms with Gasteiger partial charge in [-0.15, -0.1) is 0 Å². The zero-order valence-corrected chi connectivity index (χ0v) is 22.4. The predicted octanol–water partition coefficient (Wildman–Crippen LogP) is 6.49. The average Bonchev–Trinajstić information content (AvgIpc) is 2.92. The molecule has 0 saturated heterocycles. The quantitative estimate of drug-likeness (QED) is 0.289. The number of hydrogen-bond acceptors (Lipinski definition) is 3. The van der Waals surface area contributed by atoms with Crippen LogP contribution in [0.3, 0.4) is 0 Å². The zero-order valence-electron chi connectivity index (χ0n) is 21.4. The maximum absolute atomic E-state index is 7.68. The fourth-order valence-corrected chi connectivity index (χ4v) is 10.0. The number of benzene rings is 4. The van der Waals surface area contributed by atoms with Crippen LogP contribution >= 0.6 is 0 Å². The summed E-state index contributed by atoms with van der Waals surface area (Å²) in [7, 11) is -1.11. The molecule has 5 rings (SSSR count).